The van der Waals surface area contributed by atoms with Gasteiger partial charge in [0.1, 0.15) is 6.33 Å². The average molecular weight is 455 g/mol. The second-order valence-corrected chi connectivity index (χ2v) is 13.3. The van der Waals surface area contributed by atoms with Crippen LogP contribution in [0.4, 0.5) is 0 Å². The predicted molar refractivity (Wildman–Crippen MR) is 131 cm³/mol. The molecule has 0 unspecified atom stereocenters. The van der Waals surface area contributed by atoms with Gasteiger partial charge in [0.25, 0.3) is 0 Å². The summed E-state index contributed by atoms with van der Waals surface area (Å²) in [5.41, 5.74) is 2.66. The van der Waals surface area contributed by atoms with E-state index in [9.17, 15) is 10.2 Å². The van der Waals surface area contributed by atoms with E-state index in [2.05, 4.69) is 44.6 Å². The van der Waals surface area contributed by atoms with Crippen LogP contribution < -0.4 is 0 Å². The van der Waals surface area contributed by atoms with Crippen LogP contribution in [0.1, 0.15) is 90.8 Å². The van der Waals surface area contributed by atoms with Crippen molar-refractivity contribution in [3.05, 3.63) is 23.8 Å². The molecule has 5 rings (SSSR count). The van der Waals surface area contributed by atoms with Crippen molar-refractivity contribution in [2.45, 2.75) is 105 Å². The fourth-order valence-corrected chi connectivity index (χ4v) is 9.55. The highest BCUT2D eigenvalue weighted by Crippen LogP contribution is 2.67. The largest absolute Gasteiger partial charge is 0.390 e. The van der Waals surface area contributed by atoms with Gasteiger partial charge in [-0.1, -0.05) is 53.9 Å². The number of fused-ring (bicyclic) bond motifs is 6. The number of aliphatic hydroxyl groups is 2. The third kappa shape index (κ3) is 3.69. The maximum atomic E-state index is 11.6. The SMILES string of the molecule is CC(C)CCC[C@@H](C)[C@H]1CC[C@H]2[C@@H]3[C@@H](O)[C@H](O)[C@H]4Cc5ncncc5C[C@]4(C)[C@H]3CC[C@]12C. The molecule has 0 aromatic carbocycles. The van der Waals surface area contributed by atoms with E-state index >= 15 is 0 Å². The molecule has 0 spiro atoms. The van der Waals surface area contributed by atoms with E-state index in [0.29, 0.717) is 17.3 Å². The molecule has 1 heterocycles. The number of aliphatic hydroxyl groups excluding tert-OH is 2. The Morgan fingerprint density at radius 2 is 1.73 bits per heavy atom. The van der Waals surface area contributed by atoms with Crippen molar-refractivity contribution in [3.8, 4) is 0 Å². The Hall–Kier alpha value is -1.00. The third-order valence-electron chi connectivity index (χ3n) is 11.3. The molecule has 2 N–H and O–H groups in total. The molecule has 0 bridgehead atoms. The first kappa shape index (κ1) is 23.7. The Balaban J connectivity index is 1.40. The third-order valence-corrected chi connectivity index (χ3v) is 11.3. The lowest BCUT2D eigenvalue weighted by Crippen LogP contribution is -2.64. The molecule has 0 aliphatic heterocycles. The van der Waals surface area contributed by atoms with E-state index in [0.717, 1.165) is 36.3 Å². The smallest absolute Gasteiger partial charge is 0.115 e. The lowest BCUT2D eigenvalue weighted by Gasteiger charge is -2.63. The van der Waals surface area contributed by atoms with Crippen LogP contribution in [0, 0.1) is 52.3 Å². The van der Waals surface area contributed by atoms with Gasteiger partial charge in [-0.2, -0.15) is 0 Å². The van der Waals surface area contributed by atoms with Crippen molar-refractivity contribution in [3.63, 3.8) is 0 Å². The average Bonchev–Trinajstić information content (AvgIpc) is 3.13. The minimum absolute atomic E-state index is 0.0172. The summed E-state index contributed by atoms with van der Waals surface area (Å²) in [6.45, 7) is 12.1. The Morgan fingerprint density at radius 3 is 2.48 bits per heavy atom. The lowest BCUT2D eigenvalue weighted by atomic mass is 9.43. The van der Waals surface area contributed by atoms with Gasteiger partial charge in [0.15, 0.2) is 0 Å². The molecule has 1 aromatic heterocycles. The quantitative estimate of drug-likeness (QED) is 0.620. The Bertz CT molecular complexity index is 858. The molecule has 184 valence electrons. The Morgan fingerprint density at radius 1 is 0.970 bits per heavy atom. The van der Waals surface area contributed by atoms with E-state index in [-0.39, 0.29) is 17.3 Å². The van der Waals surface area contributed by atoms with Crippen LogP contribution in [0.25, 0.3) is 0 Å². The zero-order chi connectivity index (χ0) is 23.5. The molecule has 10 atom stereocenters. The van der Waals surface area contributed by atoms with Crippen LogP contribution >= 0.6 is 0 Å². The topological polar surface area (TPSA) is 66.2 Å². The zero-order valence-electron chi connectivity index (χ0n) is 21.5. The van der Waals surface area contributed by atoms with Gasteiger partial charge < -0.3 is 10.2 Å². The summed E-state index contributed by atoms with van der Waals surface area (Å²) in [4.78, 5) is 8.84. The molecular weight excluding hydrogens is 408 g/mol. The van der Waals surface area contributed by atoms with Crippen molar-refractivity contribution in [2.24, 2.45) is 52.3 Å². The van der Waals surface area contributed by atoms with Crippen LogP contribution in [0.5, 0.6) is 0 Å². The molecule has 1 aromatic rings. The van der Waals surface area contributed by atoms with Crippen LogP contribution in [-0.4, -0.2) is 32.4 Å². The number of hydrogen-bond acceptors (Lipinski definition) is 4. The molecule has 3 saturated carbocycles. The highest BCUT2D eigenvalue weighted by atomic mass is 16.3. The van der Waals surface area contributed by atoms with E-state index in [1.165, 1.54) is 50.5 Å². The van der Waals surface area contributed by atoms with E-state index in [1.54, 1.807) is 6.33 Å². The highest BCUT2D eigenvalue weighted by Gasteiger charge is 2.65. The summed E-state index contributed by atoms with van der Waals surface area (Å²) in [5, 5.41) is 23.0. The fraction of sp³-hybridized carbons (Fsp3) is 0.862. The Kier molecular flexibility index (Phi) is 6.17. The maximum absolute atomic E-state index is 11.6. The van der Waals surface area contributed by atoms with E-state index in [4.69, 9.17) is 0 Å². The van der Waals surface area contributed by atoms with Gasteiger partial charge in [-0.05, 0) is 96.3 Å². The first-order valence-electron chi connectivity index (χ1n) is 13.8. The lowest BCUT2D eigenvalue weighted by molar-refractivity contribution is -0.208. The first-order valence-corrected chi connectivity index (χ1v) is 13.8. The molecule has 4 heteroatoms. The van der Waals surface area contributed by atoms with Gasteiger partial charge in [0, 0.05) is 11.9 Å². The summed E-state index contributed by atoms with van der Waals surface area (Å²) < 4.78 is 0. The minimum atomic E-state index is -0.649. The van der Waals surface area contributed by atoms with Crippen LogP contribution in [-0.2, 0) is 12.8 Å². The molecule has 3 fully saturated rings. The normalized spacial score (nSPS) is 45.2. The Labute approximate surface area is 201 Å². The van der Waals surface area contributed by atoms with Crippen molar-refractivity contribution < 1.29 is 10.2 Å². The molecule has 4 aliphatic rings. The summed E-state index contributed by atoms with van der Waals surface area (Å²) in [5.74, 6) is 3.62. The summed E-state index contributed by atoms with van der Waals surface area (Å²) in [7, 11) is 0. The van der Waals surface area contributed by atoms with Gasteiger partial charge in [-0.25, -0.2) is 9.97 Å². The number of hydrogen-bond donors (Lipinski definition) is 2. The number of aromatic nitrogens is 2. The summed E-state index contributed by atoms with van der Waals surface area (Å²) >= 11 is 0. The molecule has 0 radical (unpaired) electrons. The second-order valence-electron chi connectivity index (χ2n) is 13.3. The van der Waals surface area contributed by atoms with Gasteiger partial charge >= 0.3 is 0 Å². The van der Waals surface area contributed by atoms with Crippen LogP contribution in [0.15, 0.2) is 12.5 Å². The second kappa shape index (κ2) is 8.59. The van der Waals surface area contributed by atoms with Crippen molar-refractivity contribution in [1.29, 1.82) is 0 Å². The molecule has 0 amide bonds. The molecule has 0 saturated heterocycles. The number of rotatable bonds is 5. The van der Waals surface area contributed by atoms with Crippen molar-refractivity contribution in [1.82, 2.24) is 9.97 Å². The fourth-order valence-electron chi connectivity index (χ4n) is 9.55. The van der Waals surface area contributed by atoms with E-state index < -0.39 is 12.2 Å². The van der Waals surface area contributed by atoms with Gasteiger partial charge in [-0.15, -0.1) is 0 Å². The van der Waals surface area contributed by atoms with Gasteiger partial charge in [0.2, 0.25) is 0 Å². The standard InChI is InChI=1S/C29H46N2O2/c1-17(2)7-6-8-18(3)20-9-10-21-25-22(11-12-28(20,21)4)29(5)14-19-15-30-16-31-24(19)13-23(29)26(32)27(25)33/h15-18,20-23,25-27,32-33H,6-14H2,1-5H3/t18-,20-,21+,22+,23-,25+,26-,27-,28-,29-/m1/s1. The first-order chi connectivity index (χ1) is 15.7. The van der Waals surface area contributed by atoms with Crippen molar-refractivity contribution >= 4 is 0 Å². The van der Waals surface area contributed by atoms with Crippen LogP contribution in [0.3, 0.4) is 0 Å². The zero-order valence-corrected chi connectivity index (χ0v) is 21.5. The molecule has 4 aliphatic carbocycles. The molecule has 33 heavy (non-hydrogen) atoms. The summed E-state index contributed by atoms with van der Waals surface area (Å²) in [6.07, 6.45) is 13.1. The minimum Gasteiger partial charge on any atom is -0.390 e. The van der Waals surface area contributed by atoms with Gasteiger partial charge in [0.05, 0.1) is 12.2 Å². The summed E-state index contributed by atoms with van der Waals surface area (Å²) in [6, 6.07) is 0. The highest BCUT2D eigenvalue weighted by molar-refractivity contribution is 5.27. The van der Waals surface area contributed by atoms with Crippen molar-refractivity contribution in [2.75, 3.05) is 0 Å². The maximum Gasteiger partial charge on any atom is 0.115 e. The van der Waals surface area contributed by atoms with Crippen LogP contribution in [0.2, 0.25) is 0 Å². The molecule has 4 nitrogen and oxygen atoms in total. The molecular formula is C29H46N2O2. The number of nitrogens with zero attached hydrogens (tertiary/aromatic N) is 2. The predicted octanol–water partition coefficient (Wildman–Crippen LogP) is 5.45. The van der Waals surface area contributed by atoms with E-state index in [1.807, 2.05) is 6.20 Å². The van der Waals surface area contributed by atoms with Gasteiger partial charge in [-0.3, -0.25) is 0 Å². The monoisotopic (exact) mass is 454 g/mol.